The summed E-state index contributed by atoms with van der Waals surface area (Å²) in [6.45, 7) is 1.47. The van der Waals surface area contributed by atoms with Crippen LogP contribution >= 0.6 is 0 Å². The summed E-state index contributed by atoms with van der Waals surface area (Å²) in [6.07, 6.45) is 2.44. The lowest BCUT2D eigenvalue weighted by molar-refractivity contribution is -0.131. The highest BCUT2D eigenvalue weighted by Crippen LogP contribution is 2.33. The minimum absolute atomic E-state index is 0.0583. The van der Waals surface area contributed by atoms with E-state index >= 15 is 0 Å². The molecule has 0 saturated carbocycles. The Morgan fingerprint density at radius 2 is 1.80 bits per heavy atom. The third-order valence-corrected chi connectivity index (χ3v) is 5.49. The standard InChI is InChI=1S/C24H26N2O4/c1-28-21-13-18-10-11-26(16-19(18)14-22(21)29-2)23(27)15-25-24(20-9-6-12-30-20)17-7-4-3-5-8-17/h3-9,12-14,24-25H,10-11,15-16H2,1-2H3/t24-/m0/s1. The molecule has 0 radical (unpaired) electrons. The molecule has 1 aliphatic heterocycles. The molecule has 1 N–H and O–H groups in total. The Bertz CT molecular complexity index is 986. The normalized spacial score (nSPS) is 14.1. The van der Waals surface area contributed by atoms with Gasteiger partial charge in [0, 0.05) is 13.1 Å². The van der Waals surface area contributed by atoms with Gasteiger partial charge in [0.2, 0.25) is 5.91 Å². The van der Waals surface area contributed by atoms with E-state index in [1.165, 1.54) is 5.56 Å². The first-order valence-corrected chi connectivity index (χ1v) is 10.0. The van der Waals surface area contributed by atoms with E-state index in [1.807, 2.05) is 59.5 Å². The van der Waals surface area contributed by atoms with Gasteiger partial charge in [0.05, 0.1) is 33.1 Å². The summed E-state index contributed by atoms with van der Waals surface area (Å²) in [7, 11) is 3.26. The van der Waals surface area contributed by atoms with Gasteiger partial charge < -0.3 is 18.8 Å². The number of nitrogens with zero attached hydrogens (tertiary/aromatic N) is 1. The number of nitrogens with one attached hydrogen (secondary N) is 1. The number of ether oxygens (including phenoxy) is 2. The molecule has 0 unspecified atom stereocenters. The molecule has 3 aromatic rings. The lowest BCUT2D eigenvalue weighted by Crippen LogP contribution is -2.42. The van der Waals surface area contributed by atoms with Crippen LogP contribution in [0.4, 0.5) is 0 Å². The first-order chi connectivity index (χ1) is 14.7. The number of fused-ring (bicyclic) bond motifs is 1. The molecule has 4 rings (SSSR count). The first kappa shape index (κ1) is 20.0. The minimum Gasteiger partial charge on any atom is -0.493 e. The van der Waals surface area contributed by atoms with E-state index < -0.39 is 0 Å². The fourth-order valence-electron chi connectivity index (χ4n) is 3.88. The van der Waals surface area contributed by atoms with Crippen molar-refractivity contribution in [3.05, 3.63) is 83.3 Å². The number of hydrogen-bond acceptors (Lipinski definition) is 5. The third-order valence-electron chi connectivity index (χ3n) is 5.49. The average Bonchev–Trinajstić information content (AvgIpc) is 3.33. The van der Waals surface area contributed by atoms with Gasteiger partial charge in [-0.05, 0) is 47.4 Å². The van der Waals surface area contributed by atoms with Crippen molar-refractivity contribution in [3.8, 4) is 11.5 Å². The van der Waals surface area contributed by atoms with Crippen molar-refractivity contribution >= 4 is 5.91 Å². The number of carbonyl (C=O) groups excluding carboxylic acids is 1. The highest BCUT2D eigenvalue weighted by molar-refractivity contribution is 5.78. The largest absolute Gasteiger partial charge is 0.493 e. The number of benzene rings is 2. The van der Waals surface area contributed by atoms with Gasteiger partial charge in [0.15, 0.2) is 11.5 Å². The molecule has 1 aliphatic rings. The van der Waals surface area contributed by atoms with Crippen LogP contribution in [0.3, 0.4) is 0 Å². The summed E-state index contributed by atoms with van der Waals surface area (Å²) in [5, 5.41) is 3.37. The monoisotopic (exact) mass is 406 g/mol. The summed E-state index contributed by atoms with van der Waals surface area (Å²) in [4.78, 5) is 14.8. The van der Waals surface area contributed by atoms with Crippen molar-refractivity contribution in [2.75, 3.05) is 27.3 Å². The minimum atomic E-state index is -0.174. The van der Waals surface area contributed by atoms with Gasteiger partial charge >= 0.3 is 0 Å². The quantitative estimate of drug-likeness (QED) is 0.650. The number of amides is 1. The molecular formula is C24H26N2O4. The Labute approximate surface area is 176 Å². The van der Waals surface area contributed by atoms with Crippen molar-refractivity contribution in [2.24, 2.45) is 0 Å². The van der Waals surface area contributed by atoms with Gasteiger partial charge in [-0.25, -0.2) is 0 Å². The van der Waals surface area contributed by atoms with Gasteiger partial charge in [-0.3, -0.25) is 10.1 Å². The Morgan fingerprint density at radius 3 is 2.47 bits per heavy atom. The molecule has 1 atom stereocenters. The second kappa shape index (κ2) is 9.05. The molecule has 1 amide bonds. The summed E-state index contributed by atoms with van der Waals surface area (Å²) >= 11 is 0. The summed E-state index contributed by atoms with van der Waals surface area (Å²) < 4.78 is 16.4. The molecule has 6 heteroatoms. The van der Waals surface area contributed by atoms with E-state index in [0.29, 0.717) is 18.8 Å². The summed E-state index contributed by atoms with van der Waals surface area (Å²) in [5.41, 5.74) is 3.35. The lowest BCUT2D eigenvalue weighted by atomic mass is 9.98. The van der Waals surface area contributed by atoms with Crippen LogP contribution in [0.5, 0.6) is 11.5 Å². The van der Waals surface area contributed by atoms with Gasteiger partial charge in [-0.1, -0.05) is 30.3 Å². The van der Waals surface area contributed by atoms with Crippen molar-refractivity contribution in [1.29, 1.82) is 0 Å². The fraction of sp³-hybridized carbons (Fsp3) is 0.292. The molecule has 1 aromatic heterocycles. The Morgan fingerprint density at radius 1 is 1.07 bits per heavy atom. The van der Waals surface area contributed by atoms with Crippen molar-refractivity contribution < 1.29 is 18.7 Å². The van der Waals surface area contributed by atoms with Crippen molar-refractivity contribution in [2.45, 2.75) is 19.0 Å². The Kier molecular flexibility index (Phi) is 6.05. The summed E-state index contributed by atoms with van der Waals surface area (Å²) in [5.74, 6) is 2.25. The Balaban J connectivity index is 1.45. The molecule has 0 fully saturated rings. The average molecular weight is 406 g/mol. The topological polar surface area (TPSA) is 63.9 Å². The van der Waals surface area contributed by atoms with Crippen LogP contribution in [0.25, 0.3) is 0 Å². The molecule has 6 nitrogen and oxygen atoms in total. The predicted molar refractivity (Wildman–Crippen MR) is 114 cm³/mol. The van der Waals surface area contributed by atoms with Crippen LogP contribution in [0.15, 0.2) is 65.3 Å². The lowest BCUT2D eigenvalue weighted by Gasteiger charge is -2.30. The molecule has 156 valence electrons. The number of methoxy groups -OCH3 is 2. The Hall–Kier alpha value is -3.25. The predicted octanol–water partition coefficient (Wildman–Crippen LogP) is 3.56. The van der Waals surface area contributed by atoms with Crippen LogP contribution in [-0.4, -0.2) is 38.1 Å². The van der Waals surface area contributed by atoms with Crippen molar-refractivity contribution in [3.63, 3.8) is 0 Å². The molecule has 2 aromatic carbocycles. The second-order valence-corrected chi connectivity index (χ2v) is 7.28. The van der Waals surface area contributed by atoms with Crippen molar-refractivity contribution in [1.82, 2.24) is 10.2 Å². The molecular weight excluding hydrogens is 380 g/mol. The van der Waals surface area contributed by atoms with Crippen LogP contribution in [0.1, 0.15) is 28.5 Å². The van der Waals surface area contributed by atoms with E-state index in [2.05, 4.69) is 5.32 Å². The SMILES string of the molecule is COc1cc2c(cc1OC)CN(C(=O)CN[C@@H](c1ccccc1)c1ccco1)CC2. The zero-order valence-electron chi connectivity index (χ0n) is 17.3. The maximum Gasteiger partial charge on any atom is 0.236 e. The maximum atomic E-state index is 13.0. The van der Waals surface area contributed by atoms with Crippen LogP contribution in [0, 0.1) is 0 Å². The number of furan rings is 1. The first-order valence-electron chi connectivity index (χ1n) is 10.0. The number of carbonyl (C=O) groups is 1. The van der Waals surface area contributed by atoms with E-state index in [1.54, 1.807) is 20.5 Å². The zero-order valence-corrected chi connectivity index (χ0v) is 17.3. The zero-order chi connectivity index (χ0) is 20.9. The highest BCUT2D eigenvalue weighted by atomic mass is 16.5. The molecule has 30 heavy (non-hydrogen) atoms. The van der Waals surface area contributed by atoms with E-state index in [9.17, 15) is 4.79 Å². The van der Waals surface area contributed by atoms with Gasteiger partial charge in [-0.15, -0.1) is 0 Å². The van der Waals surface area contributed by atoms with E-state index in [0.717, 1.165) is 29.1 Å². The van der Waals surface area contributed by atoms with Gasteiger partial charge in [0.1, 0.15) is 5.76 Å². The number of rotatable bonds is 7. The highest BCUT2D eigenvalue weighted by Gasteiger charge is 2.24. The molecule has 0 aliphatic carbocycles. The summed E-state index contributed by atoms with van der Waals surface area (Å²) in [6, 6.07) is 17.6. The molecule has 0 spiro atoms. The maximum absolute atomic E-state index is 13.0. The molecule has 2 heterocycles. The third kappa shape index (κ3) is 4.19. The van der Waals surface area contributed by atoms with E-state index in [-0.39, 0.29) is 18.5 Å². The van der Waals surface area contributed by atoms with Crippen LogP contribution < -0.4 is 14.8 Å². The fourth-order valence-corrected chi connectivity index (χ4v) is 3.88. The van der Waals surface area contributed by atoms with Crippen LogP contribution in [0.2, 0.25) is 0 Å². The van der Waals surface area contributed by atoms with Crippen LogP contribution in [-0.2, 0) is 17.8 Å². The smallest absolute Gasteiger partial charge is 0.236 e. The van der Waals surface area contributed by atoms with Gasteiger partial charge in [-0.2, -0.15) is 0 Å². The van der Waals surface area contributed by atoms with E-state index in [4.69, 9.17) is 13.9 Å². The van der Waals surface area contributed by atoms with Gasteiger partial charge in [0.25, 0.3) is 0 Å². The molecule has 0 saturated heterocycles. The second-order valence-electron chi connectivity index (χ2n) is 7.28. The number of hydrogen-bond donors (Lipinski definition) is 1. The molecule has 0 bridgehead atoms.